The van der Waals surface area contributed by atoms with Gasteiger partial charge in [0.15, 0.2) is 0 Å². The van der Waals surface area contributed by atoms with Crippen LogP contribution >= 0.6 is 24.8 Å². The van der Waals surface area contributed by atoms with Gasteiger partial charge in [0.25, 0.3) is 0 Å². The molecule has 0 heterocycles. The van der Waals surface area contributed by atoms with Gasteiger partial charge in [-0.25, -0.2) is 0 Å². The van der Waals surface area contributed by atoms with Crippen molar-refractivity contribution in [3.8, 4) is 0 Å². The summed E-state index contributed by atoms with van der Waals surface area (Å²) in [6.45, 7) is 1.98. The van der Waals surface area contributed by atoms with Gasteiger partial charge in [0.1, 0.15) is 0 Å². The van der Waals surface area contributed by atoms with E-state index in [1.54, 1.807) is 0 Å². The van der Waals surface area contributed by atoms with Gasteiger partial charge in [-0.15, -0.1) is 24.8 Å². The van der Waals surface area contributed by atoms with E-state index in [9.17, 15) is 0 Å². The molecule has 0 unspecified atom stereocenters. The molecule has 0 amide bonds. The molecule has 0 bridgehead atoms. The molecule has 0 radical (unpaired) electrons. The fraction of sp³-hybridized carbons (Fsp3) is 0.250. The predicted molar refractivity (Wildman–Crippen MR) is 53.5 cm³/mol. The zero-order chi connectivity index (χ0) is 6.69. The standard InChI is InChI=1S/C8H11N.2ClH/c1-7(9)8-5-3-2-4-6-8;;/h2-7H,9H2,1H3;2*1H/t7-;;/m1../s1. The lowest BCUT2D eigenvalue weighted by Crippen LogP contribution is -2.03. The van der Waals surface area contributed by atoms with E-state index in [1.165, 1.54) is 5.56 Å². The molecule has 0 spiro atoms. The molecule has 0 aromatic heterocycles. The lowest BCUT2D eigenvalue weighted by atomic mass is 10.1. The Morgan fingerprint density at radius 2 is 1.55 bits per heavy atom. The molecule has 1 aromatic carbocycles. The van der Waals surface area contributed by atoms with Gasteiger partial charge in [-0.2, -0.15) is 0 Å². The van der Waals surface area contributed by atoms with E-state index in [0.717, 1.165) is 0 Å². The van der Waals surface area contributed by atoms with Gasteiger partial charge < -0.3 is 5.73 Å². The SMILES string of the molecule is C[C@@H](N)c1ccccc1.Cl.Cl. The Labute approximate surface area is 79.8 Å². The molecular formula is C8H13Cl2N. The molecule has 11 heavy (non-hydrogen) atoms. The quantitative estimate of drug-likeness (QED) is 0.730. The van der Waals surface area contributed by atoms with Crippen LogP contribution in [0.2, 0.25) is 0 Å². The summed E-state index contributed by atoms with van der Waals surface area (Å²) in [5.41, 5.74) is 6.81. The van der Waals surface area contributed by atoms with Crippen molar-refractivity contribution in [3.05, 3.63) is 35.9 Å². The minimum atomic E-state index is 0. The van der Waals surface area contributed by atoms with Gasteiger partial charge >= 0.3 is 0 Å². The van der Waals surface area contributed by atoms with Crippen molar-refractivity contribution >= 4 is 24.8 Å². The van der Waals surface area contributed by atoms with Gasteiger partial charge in [-0.1, -0.05) is 30.3 Å². The maximum Gasteiger partial charge on any atom is 0.0266 e. The number of hydrogen-bond donors (Lipinski definition) is 1. The molecule has 0 fully saturated rings. The van der Waals surface area contributed by atoms with Crippen LogP contribution in [0.25, 0.3) is 0 Å². The summed E-state index contributed by atoms with van der Waals surface area (Å²) in [4.78, 5) is 0. The summed E-state index contributed by atoms with van der Waals surface area (Å²) in [6, 6.07) is 10.2. The zero-order valence-electron chi connectivity index (χ0n) is 6.36. The molecule has 3 heteroatoms. The molecule has 0 saturated heterocycles. The van der Waals surface area contributed by atoms with Crippen LogP contribution in [0, 0.1) is 0 Å². The normalized spacial score (nSPS) is 10.7. The molecule has 1 rings (SSSR count). The Hall–Kier alpha value is -0.240. The van der Waals surface area contributed by atoms with Crippen LogP contribution in [0.15, 0.2) is 30.3 Å². The topological polar surface area (TPSA) is 26.0 Å². The second kappa shape index (κ2) is 6.47. The highest BCUT2D eigenvalue weighted by molar-refractivity contribution is 5.85. The van der Waals surface area contributed by atoms with Crippen LogP contribution in [-0.2, 0) is 0 Å². The van der Waals surface area contributed by atoms with Crippen molar-refractivity contribution in [2.45, 2.75) is 13.0 Å². The average Bonchev–Trinajstić information content (AvgIpc) is 1.90. The maximum absolute atomic E-state index is 5.61. The predicted octanol–water partition coefficient (Wildman–Crippen LogP) is 2.55. The molecular weight excluding hydrogens is 181 g/mol. The minimum Gasteiger partial charge on any atom is -0.324 e. The Morgan fingerprint density at radius 1 is 1.09 bits per heavy atom. The third kappa shape index (κ3) is 4.25. The summed E-state index contributed by atoms with van der Waals surface area (Å²) in [5, 5.41) is 0. The first kappa shape index (κ1) is 13.4. The lowest BCUT2D eigenvalue weighted by Gasteiger charge is -2.02. The molecule has 64 valence electrons. The van der Waals surface area contributed by atoms with Gasteiger partial charge in [0, 0.05) is 6.04 Å². The van der Waals surface area contributed by atoms with E-state index in [4.69, 9.17) is 5.73 Å². The smallest absolute Gasteiger partial charge is 0.0266 e. The lowest BCUT2D eigenvalue weighted by molar-refractivity contribution is 0.818. The van der Waals surface area contributed by atoms with Crippen LogP contribution in [0.1, 0.15) is 18.5 Å². The van der Waals surface area contributed by atoms with Gasteiger partial charge in [0.2, 0.25) is 0 Å². The van der Waals surface area contributed by atoms with E-state index in [0.29, 0.717) is 0 Å². The van der Waals surface area contributed by atoms with Crippen LogP contribution in [0.5, 0.6) is 0 Å². The number of nitrogens with two attached hydrogens (primary N) is 1. The monoisotopic (exact) mass is 193 g/mol. The summed E-state index contributed by atoms with van der Waals surface area (Å²) in [5.74, 6) is 0. The summed E-state index contributed by atoms with van der Waals surface area (Å²) in [7, 11) is 0. The van der Waals surface area contributed by atoms with Crippen LogP contribution < -0.4 is 5.73 Å². The molecule has 0 saturated carbocycles. The third-order valence-corrected chi connectivity index (χ3v) is 1.33. The van der Waals surface area contributed by atoms with Crippen LogP contribution in [-0.4, -0.2) is 0 Å². The fourth-order valence-corrected chi connectivity index (χ4v) is 0.757. The zero-order valence-corrected chi connectivity index (χ0v) is 7.99. The summed E-state index contributed by atoms with van der Waals surface area (Å²) in [6.07, 6.45) is 0. The van der Waals surface area contributed by atoms with Crippen LogP contribution in [0.3, 0.4) is 0 Å². The van der Waals surface area contributed by atoms with Gasteiger partial charge in [0.05, 0.1) is 0 Å². The maximum atomic E-state index is 5.61. The molecule has 0 aliphatic heterocycles. The average molecular weight is 194 g/mol. The number of hydrogen-bond acceptors (Lipinski definition) is 1. The number of halogens is 2. The Balaban J connectivity index is 0. The Kier molecular flexibility index (Phi) is 7.85. The summed E-state index contributed by atoms with van der Waals surface area (Å²) < 4.78 is 0. The first-order valence-electron chi connectivity index (χ1n) is 3.11. The van der Waals surface area contributed by atoms with Crippen molar-refractivity contribution in [1.82, 2.24) is 0 Å². The van der Waals surface area contributed by atoms with Crippen molar-refractivity contribution in [2.75, 3.05) is 0 Å². The molecule has 0 aliphatic carbocycles. The largest absolute Gasteiger partial charge is 0.324 e. The highest BCUT2D eigenvalue weighted by Gasteiger charge is 1.93. The second-order valence-electron chi connectivity index (χ2n) is 2.20. The number of rotatable bonds is 1. The highest BCUT2D eigenvalue weighted by Crippen LogP contribution is 2.06. The Bertz CT molecular complexity index is 175. The second-order valence-corrected chi connectivity index (χ2v) is 2.20. The Morgan fingerprint density at radius 3 is 1.82 bits per heavy atom. The fourth-order valence-electron chi connectivity index (χ4n) is 0.757. The minimum absolute atomic E-state index is 0. The van der Waals surface area contributed by atoms with Crippen LogP contribution in [0.4, 0.5) is 0 Å². The molecule has 1 nitrogen and oxygen atoms in total. The van der Waals surface area contributed by atoms with E-state index >= 15 is 0 Å². The van der Waals surface area contributed by atoms with E-state index < -0.39 is 0 Å². The van der Waals surface area contributed by atoms with Gasteiger partial charge in [-0.3, -0.25) is 0 Å². The van der Waals surface area contributed by atoms with Crippen molar-refractivity contribution in [1.29, 1.82) is 0 Å². The third-order valence-electron chi connectivity index (χ3n) is 1.33. The molecule has 1 aromatic rings. The highest BCUT2D eigenvalue weighted by atomic mass is 35.5. The number of benzene rings is 1. The first-order chi connectivity index (χ1) is 4.30. The van der Waals surface area contributed by atoms with E-state index in [1.807, 2.05) is 37.3 Å². The first-order valence-corrected chi connectivity index (χ1v) is 3.11. The molecule has 0 aliphatic rings. The van der Waals surface area contributed by atoms with E-state index in [2.05, 4.69) is 0 Å². The van der Waals surface area contributed by atoms with Crippen molar-refractivity contribution in [2.24, 2.45) is 5.73 Å². The molecule has 2 N–H and O–H groups in total. The van der Waals surface area contributed by atoms with E-state index in [-0.39, 0.29) is 30.9 Å². The van der Waals surface area contributed by atoms with Crippen molar-refractivity contribution < 1.29 is 0 Å². The van der Waals surface area contributed by atoms with Gasteiger partial charge in [-0.05, 0) is 12.5 Å². The molecule has 1 atom stereocenters. The summed E-state index contributed by atoms with van der Waals surface area (Å²) >= 11 is 0. The van der Waals surface area contributed by atoms with Crippen molar-refractivity contribution in [3.63, 3.8) is 0 Å².